The number of amides is 1. The standard InChI is InChI=1S/C18H24N2O3/c1-13-11-15(14(2)20(13)3)9-10-19-18(21)12-23-17-8-6-5-7-16(17)22-4/h5-8,11H,9-10,12H2,1-4H3,(H,19,21). The molecule has 0 aliphatic rings. The second kappa shape index (κ2) is 7.72. The van der Waals surface area contributed by atoms with Crippen LogP contribution in [0.3, 0.4) is 0 Å². The molecule has 1 amide bonds. The highest BCUT2D eigenvalue weighted by atomic mass is 16.5. The highest BCUT2D eigenvalue weighted by Gasteiger charge is 2.08. The van der Waals surface area contributed by atoms with Crippen molar-refractivity contribution in [2.45, 2.75) is 20.3 Å². The Morgan fingerprint density at radius 1 is 1.22 bits per heavy atom. The van der Waals surface area contributed by atoms with Gasteiger partial charge in [0.25, 0.3) is 5.91 Å². The molecule has 1 N–H and O–H groups in total. The molecule has 124 valence electrons. The summed E-state index contributed by atoms with van der Waals surface area (Å²) in [5, 5.41) is 2.88. The third-order valence-electron chi connectivity index (χ3n) is 4.02. The molecule has 5 heteroatoms. The molecule has 1 aromatic heterocycles. The number of hydrogen-bond acceptors (Lipinski definition) is 3. The van der Waals surface area contributed by atoms with E-state index in [1.807, 2.05) is 19.2 Å². The van der Waals surface area contributed by atoms with E-state index in [4.69, 9.17) is 9.47 Å². The highest BCUT2D eigenvalue weighted by Crippen LogP contribution is 2.25. The summed E-state index contributed by atoms with van der Waals surface area (Å²) >= 11 is 0. The molecular formula is C18H24N2O3. The lowest BCUT2D eigenvalue weighted by Crippen LogP contribution is -2.30. The van der Waals surface area contributed by atoms with E-state index in [9.17, 15) is 4.79 Å². The number of hydrogen-bond donors (Lipinski definition) is 1. The van der Waals surface area contributed by atoms with E-state index in [1.165, 1.54) is 17.0 Å². The maximum absolute atomic E-state index is 11.9. The van der Waals surface area contributed by atoms with Gasteiger partial charge in [0.15, 0.2) is 18.1 Å². The molecule has 0 saturated carbocycles. The van der Waals surface area contributed by atoms with Gasteiger partial charge in [-0.1, -0.05) is 12.1 Å². The number of nitrogens with zero attached hydrogens (tertiary/aromatic N) is 1. The summed E-state index contributed by atoms with van der Waals surface area (Å²) < 4.78 is 12.8. The lowest BCUT2D eigenvalue weighted by molar-refractivity contribution is -0.123. The molecule has 0 aliphatic heterocycles. The number of rotatable bonds is 7. The molecular weight excluding hydrogens is 292 g/mol. The van der Waals surface area contributed by atoms with Gasteiger partial charge in [-0.2, -0.15) is 0 Å². The lowest BCUT2D eigenvalue weighted by atomic mass is 10.2. The molecule has 0 bridgehead atoms. The fourth-order valence-corrected chi connectivity index (χ4v) is 2.46. The van der Waals surface area contributed by atoms with Crippen molar-refractivity contribution in [2.24, 2.45) is 7.05 Å². The summed E-state index contributed by atoms with van der Waals surface area (Å²) in [6, 6.07) is 9.44. The number of benzene rings is 1. The fourth-order valence-electron chi connectivity index (χ4n) is 2.46. The number of aryl methyl sites for hydroxylation is 1. The van der Waals surface area contributed by atoms with Gasteiger partial charge >= 0.3 is 0 Å². The minimum absolute atomic E-state index is 0.0207. The summed E-state index contributed by atoms with van der Waals surface area (Å²) in [6.45, 7) is 4.75. The Kier molecular flexibility index (Phi) is 5.68. The molecule has 0 spiro atoms. The molecule has 0 aliphatic carbocycles. The second-order valence-electron chi connectivity index (χ2n) is 5.49. The van der Waals surface area contributed by atoms with Gasteiger partial charge < -0.3 is 19.4 Å². The molecule has 1 aromatic carbocycles. The minimum Gasteiger partial charge on any atom is -0.493 e. The van der Waals surface area contributed by atoms with Crippen LogP contribution in [-0.2, 0) is 18.3 Å². The summed E-state index contributed by atoms with van der Waals surface area (Å²) in [7, 11) is 3.63. The van der Waals surface area contributed by atoms with Gasteiger partial charge in [0, 0.05) is 25.0 Å². The Morgan fingerprint density at radius 2 is 1.91 bits per heavy atom. The average Bonchev–Trinajstić information content (AvgIpc) is 2.80. The van der Waals surface area contributed by atoms with Gasteiger partial charge in [-0.3, -0.25) is 4.79 Å². The molecule has 0 atom stereocenters. The van der Waals surface area contributed by atoms with Crippen molar-refractivity contribution in [2.75, 3.05) is 20.3 Å². The first-order chi connectivity index (χ1) is 11.0. The molecule has 2 rings (SSSR count). The van der Waals surface area contributed by atoms with Crippen LogP contribution in [0.5, 0.6) is 11.5 Å². The van der Waals surface area contributed by atoms with Gasteiger partial charge in [-0.25, -0.2) is 0 Å². The number of carbonyl (C=O) groups excluding carboxylic acids is 1. The van der Waals surface area contributed by atoms with Crippen molar-refractivity contribution in [1.29, 1.82) is 0 Å². The summed E-state index contributed by atoms with van der Waals surface area (Å²) in [5.41, 5.74) is 3.72. The van der Waals surface area contributed by atoms with Crippen LogP contribution in [0, 0.1) is 13.8 Å². The Bertz CT molecular complexity index is 677. The Labute approximate surface area is 137 Å². The van der Waals surface area contributed by atoms with Crippen LogP contribution >= 0.6 is 0 Å². The molecule has 0 radical (unpaired) electrons. The maximum atomic E-state index is 11.9. The minimum atomic E-state index is -0.138. The summed E-state index contributed by atoms with van der Waals surface area (Å²) in [5.74, 6) is 1.05. The van der Waals surface area contributed by atoms with E-state index in [-0.39, 0.29) is 12.5 Å². The van der Waals surface area contributed by atoms with E-state index in [2.05, 4.69) is 29.8 Å². The number of ether oxygens (including phenoxy) is 2. The van der Waals surface area contributed by atoms with Gasteiger partial charge in [0.1, 0.15) is 0 Å². The first kappa shape index (κ1) is 16.9. The first-order valence-electron chi connectivity index (χ1n) is 7.67. The largest absolute Gasteiger partial charge is 0.493 e. The van der Waals surface area contributed by atoms with Gasteiger partial charge in [0.2, 0.25) is 0 Å². The molecule has 0 fully saturated rings. The number of methoxy groups -OCH3 is 1. The summed E-state index contributed by atoms with van der Waals surface area (Å²) in [4.78, 5) is 11.9. The maximum Gasteiger partial charge on any atom is 0.257 e. The van der Waals surface area contributed by atoms with Crippen LogP contribution in [0.2, 0.25) is 0 Å². The summed E-state index contributed by atoms with van der Waals surface area (Å²) in [6.07, 6.45) is 0.813. The predicted octanol–water partition coefficient (Wildman–Crippen LogP) is 2.39. The van der Waals surface area contributed by atoms with Crippen molar-refractivity contribution in [3.8, 4) is 11.5 Å². The van der Waals surface area contributed by atoms with E-state index in [0.29, 0.717) is 18.0 Å². The average molecular weight is 316 g/mol. The highest BCUT2D eigenvalue weighted by molar-refractivity contribution is 5.77. The molecule has 0 unspecified atom stereocenters. The van der Waals surface area contributed by atoms with Crippen LogP contribution in [0.15, 0.2) is 30.3 Å². The van der Waals surface area contributed by atoms with Crippen LogP contribution in [-0.4, -0.2) is 30.7 Å². The fraction of sp³-hybridized carbons (Fsp3) is 0.389. The van der Waals surface area contributed by atoms with E-state index in [1.54, 1.807) is 19.2 Å². The van der Waals surface area contributed by atoms with Crippen LogP contribution in [0.25, 0.3) is 0 Å². The Morgan fingerprint density at radius 3 is 2.52 bits per heavy atom. The lowest BCUT2D eigenvalue weighted by Gasteiger charge is -2.10. The molecule has 23 heavy (non-hydrogen) atoms. The third kappa shape index (κ3) is 4.28. The van der Waals surface area contributed by atoms with E-state index >= 15 is 0 Å². The smallest absolute Gasteiger partial charge is 0.257 e. The van der Waals surface area contributed by atoms with Crippen molar-refractivity contribution >= 4 is 5.91 Å². The molecule has 1 heterocycles. The predicted molar refractivity (Wildman–Crippen MR) is 90.1 cm³/mol. The van der Waals surface area contributed by atoms with Crippen LogP contribution in [0.4, 0.5) is 0 Å². The van der Waals surface area contributed by atoms with Gasteiger partial charge in [-0.05, 0) is 44.0 Å². The first-order valence-corrected chi connectivity index (χ1v) is 7.67. The van der Waals surface area contributed by atoms with Crippen LogP contribution in [0.1, 0.15) is 17.0 Å². The molecule has 2 aromatic rings. The van der Waals surface area contributed by atoms with Crippen molar-refractivity contribution in [1.82, 2.24) is 9.88 Å². The zero-order valence-corrected chi connectivity index (χ0v) is 14.2. The Hall–Kier alpha value is -2.43. The normalized spacial score (nSPS) is 10.4. The topological polar surface area (TPSA) is 52.5 Å². The number of para-hydroxylation sites is 2. The van der Waals surface area contributed by atoms with Gasteiger partial charge in [-0.15, -0.1) is 0 Å². The monoisotopic (exact) mass is 316 g/mol. The zero-order valence-electron chi connectivity index (χ0n) is 14.2. The number of nitrogens with one attached hydrogen (secondary N) is 1. The van der Waals surface area contributed by atoms with Crippen molar-refractivity contribution in [3.05, 3.63) is 47.3 Å². The zero-order chi connectivity index (χ0) is 16.8. The number of aromatic nitrogens is 1. The van der Waals surface area contributed by atoms with E-state index in [0.717, 1.165) is 6.42 Å². The molecule has 5 nitrogen and oxygen atoms in total. The number of carbonyl (C=O) groups is 1. The van der Waals surface area contributed by atoms with Crippen molar-refractivity contribution < 1.29 is 14.3 Å². The quantitative estimate of drug-likeness (QED) is 0.853. The van der Waals surface area contributed by atoms with Gasteiger partial charge in [0.05, 0.1) is 7.11 Å². The second-order valence-corrected chi connectivity index (χ2v) is 5.49. The molecule has 0 saturated heterocycles. The van der Waals surface area contributed by atoms with Crippen molar-refractivity contribution in [3.63, 3.8) is 0 Å². The SMILES string of the molecule is COc1ccccc1OCC(=O)NCCc1cc(C)n(C)c1C. The van der Waals surface area contributed by atoms with Crippen LogP contribution < -0.4 is 14.8 Å². The third-order valence-corrected chi connectivity index (χ3v) is 4.02. The van der Waals surface area contributed by atoms with E-state index < -0.39 is 0 Å². The Balaban J connectivity index is 1.78.